The van der Waals surface area contributed by atoms with Crippen LogP contribution in [0.5, 0.6) is 0 Å². The second-order valence-electron chi connectivity index (χ2n) is 12.9. The van der Waals surface area contributed by atoms with E-state index in [-0.39, 0.29) is 0 Å². The summed E-state index contributed by atoms with van der Waals surface area (Å²) in [5.41, 5.74) is 7.55. The fraction of sp³-hybridized carbons (Fsp3) is 0.150. The van der Waals surface area contributed by atoms with Gasteiger partial charge in [-0.05, 0) is 104 Å². The lowest BCUT2D eigenvalue weighted by molar-refractivity contribution is 0.00578. The zero-order valence-corrected chi connectivity index (χ0v) is 26.0. The number of hydrogen-bond acceptors (Lipinski definition) is 4. The van der Waals surface area contributed by atoms with Gasteiger partial charge in [0.25, 0.3) is 0 Å². The smallest absolute Gasteiger partial charge is 0.456 e. The van der Waals surface area contributed by atoms with Crippen molar-refractivity contribution in [2.45, 2.75) is 38.9 Å². The summed E-state index contributed by atoms with van der Waals surface area (Å²) in [6, 6.07) is 47.0. The van der Waals surface area contributed by atoms with E-state index in [4.69, 9.17) is 13.7 Å². The zero-order chi connectivity index (χ0) is 30.8. The van der Waals surface area contributed by atoms with Crippen molar-refractivity contribution in [3.63, 3.8) is 0 Å². The van der Waals surface area contributed by atoms with Crippen LogP contribution < -0.4 is 10.4 Å². The summed E-state index contributed by atoms with van der Waals surface area (Å²) in [5, 5.41) is 4.69. The normalized spacial score (nSPS) is 15.7. The van der Waals surface area contributed by atoms with Gasteiger partial charge in [0.2, 0.25) is 0 Å². The molecule has 5 heteroatoms. The maximum absolute atomic E-state index is 6.34. The Hall–Kier alpha value is -4.84. The summed E-state index contributed by atoms with van der Waals surface area (Å²) in [7, 11) is -0.411. The minimum Gasteiger partial charge on any atom is -0.456 e. The van der Waals surface area contributed by atoms with Crippen LogP contribution in [0.25, 0.3) is 43.8 Å². The van der Waals surface area contributed by atoms with Gasteiger partial charge in [-0.15, -0.1) is 0 Å². The summed E-state index contributed by atoms with van der Waals surface area (Å²) in [6.45, 7) is 8.34. The van der Waals surface area contributed by atoms with Crippen LogP contribution in [-0.4, -0.2) is 18.3 Å². The Kier molecular flexibility index (Phi) is 6.38. The highest BCUT2D eigenvalue weighted by atomic mass is 16.7. The lowest BCUT2D eigenvalue weighted by Crippen LogP contribution is -2.41. The largest absolute Gasteiger partial charge is 0.494 e. The molecule has 220 valence electrons. The maximum atomic E-state index is 6.34. The lowest BCUT2D eigenvalue weighted by Gasteiger charge is -2.32. The van der Waals surface area contributed by atoms with Gasteiger partial charge < -0.3 is 18.6 Å². The van der Waals surface area contributed by atoms with Crippen molar-refractivity contribution in [3.8, 4) is 11.1 Å². The van der Waals surface area contributed by atoms with E-state index < -0.39 is 18.3 Å². The molecule has 1 aromatic heterocycles. The number of para-hydroxylation sites is 1. The van der Waals surface area contributed by atoms with Crippen LogP contribution in [-0.2, 0) is 9.31 Å². The van der Waals surface area contributed by atoms with Crippen molar-refractivity contribution >= 4 is 62.4 Å². The van der Waals surface area contributed by atoms with E-state index in [0.29, 0.717) is 0 Å². The fourth-order valence-electron chi connectivity index (χ4n) is 6.33. The molecular formula is C40H34BNO3. The van der Waals surface area contributed by atoms with Crippen molar-refractivity contribution < 1.29 is 13.7 Å². The highest BCUT2D eigenvalue weighted by molar-refractivity contribution is 6.62. The first-order valence-electron chi connectivity index (χ1n) is 15.5. The SMILES string of the molecule is CC1(C)OB(c2ccc(N(c3ccc(-c4cccc5ccccc45)cc3)c3ccc4oc5ccccc5c4c3)cc2)OC1(C)C. The molecule has 0 atom stereocenters. The van der Waals surface area contributed by atoms with Gasteiger partial charge in [0.05, 0.1) is 11.2 Å². The highest BCUT2D eigenvalue weighted by Gasteiger charge is 2.51. The highest BCUT2D eigenvalue weighted by Crippen LogP contribution is 2.40. The zero-order valence-electron chi connectivity index (χ0n) is 26.0. The first kappa shape index (κ1) is 27.7. The number of rotatable bonds is 5. The Balaban J connectivity index is 1.22. The lowest BCUT2D eigenvalue weighted by atomic mass is 9.79. The molecule has 2 heterocycles. The minimum absolute atomic E-state index is 0.392. The number of furan rings is 1. The summed E-state index contributed by atoms with van der Waals surface area (Å²) >= 11 is 0. The fourth-order valence-corrected chi connectivity index (χ4v) is 6.33. The van der Waals surface area contributed by atoms with Crippen LogP contribution in [0.3, 0.4) is 0 Å². The Morgan fingerprint density at radius 3 is 1.82 bits per heavy atom. The van der Waals surface area contributed by atoms with Gasteiger partial charge in [-0.3, -0.25) is 0 Å². The summed E-state index contributed by atoms with van der Waals surface area (Å²) < 4.78 is 18.8. The number of benzene rings is 6. The monoisotopic (exact) mass is 587 g/mol. The van der Waals surface area contributed by atoms with Gasteiger partial charge in [0, 0.05) is 27.8 Å². The van der Waals surface area contributed by atoms with Gasteiger partial charge >= 0.3 is 7.12 Å². The van der Waals surface area contributed by atoms with Crippen molar-refractivity contribution in [1.29, 1.82) is 0 Å². The molecule has 7 aromatic rings. The van der Waals surface area contributed by atoms with Crippen LogP contribution >= 0.6 is 0 Å². The molecular weight excluding hydrogens is 553 g/mol. The molecule has 0 spiro atoms. The third-order valence-electron chi connectivity index (χ3n) is 9.52. The molecule has 0 amide bonds. The third kappa shape index (κ3) is 4.71. The molecule has 1 saturated heterocycles. The van der Waals surface area contributed by atoms with E-state index >= 15 is 0 Å². The van der Waals surface area contributed by atoms with E-state index in [1.54, 1.807) is 0 Å². The van der Waals surface area contributed by atoms with Crippen LogP contribution in [0.1, 0.15) is 27.7 Å². The molecule has 4 nitrogen and oxygen atoms in total. The molecule has 0 bridgehead atoms. The summed E-state index contributed by atoms with van der Waals surface area (Å²) in [5.74, 6) is 0. The second kappa shape index (κ2) is 10.4. The van der Waals surface area contributed by atoms with E-state index in [2.05, 4.69) is 154 Å². The van der Waals surface area contributed by atoms with Crippen LogP contribution in [0.2, 0.25) is 0 Å². The van der Waals surface area contributed by atoms with E-state index in [1.807, 2.05) is 12.1 Å². The average molecular weight is 588 g/mol. The Morgan fingerprint density at radius 2 is 1.09 bits per heavy atom. The number of fused-ring (bicyclic) bond motifs is 4. The molecule has 0 unspecified atom stereocenters. The van der Waals surface area contributed by atoms with Crippen LogP contribution in [0, 0.1) is 0 Å². The number of anilines is 3. The van der Waals surface area contributed by atoms with Gasteiger partial charge in [-0.1, -0.05) is 84.9 Å². The van der Waals surface area contributed by atoms with Crippen LogP contribution in [0.15, 0.2) is 138 Å². The van der Waals surface area contributed by atoms with E-state index in [0.717, 1.165) is 44.5 Å². The van der Waals surface area contributed by atoms with Crippen LogP contribution in [0.4, 0.5) is 17.1 Å². The topological polar surface area (TPSA) is 34.8 Å². The average Bonchev–Trinajstić information content (AvgIpc) is 3.53. The maximum Gasteiger partial charge on any atom is 0.494 e. The number of nitrogens with zero attached hydrogens (tertiary/aromatic N) is 1. The molecule has 1 aliphatic heterocycles. The summed E-state index contributed by atoms with van der Waals surface area (Å²) in [6.07, 6.45) is 0. The minimum atomic E-state index is -0.411. The van der Waals surface area contributed by atoms with Gasteiger partial charge in [-0.25, -0.2) is 0 Å². The first-order valence-corrected chi connectivity index (χ1v) is 15.5. The number of hydrogen-bond donors (Lipinski definition) is 0. The Morgan fingerprint density at radius 1 is 0.511 bits per heavy atom. The van der Waals surface area contributed by atoms with Crippen molar-refractivity contribution in [2.75, 3.05) is 4.90 Å². The van der Waals surface area contributed by atoms with Gasteiger partial charge in [0.15, 0.2) is 0 Å². The van der Waals surface area contributed by atoms with Crippen molar-refractivity contribution in [3.05, 3.63) is 133 Å². The van der Waals surface area contributed by atoms with Gasteiger partial charge in [0.1, 0.15) is 11.2 Å². The third-order valence-corrected chi connectivity index (χ3v) is 9.52. The molecule has 1 aliphatic rings. The van der Waals surface area contributed by atoms with Crippen molar-refractivity contribution in [1.82, 2.24) is 0 Å². The Bertz CT molecular complexity index is 2160. The molecule has 0 saturated carbocycles. The molecule has 0 aliphatic carbocycles. The molecule has 0 N–H and O–H groups in total. The van der Waals surface area contributed by atoms with Gasteiger partial charge in [-0.2, -0.15) is 0 Å². The molecule has 0 radical (unpaired) electrons. The Labute approximate surface area is 264 Å². The predicted molar refractivity (Wildman–Crippen MR) is 187 cm³/mol. The summed E-state index contributed by atoms with van der Waals surface area (Å²) in [4.78, 5) is 2.29. The first-order chi connectivity index (χ1) is 21.8. The molecule has 1 fully saturated rings. The molecule has 8 rings (SSSR count). The molecule has 45 heavy (non-hydrogen) atoms. The quantitative estimate of drug-likeness (QED) is 0.188. The predicted octanol–water partition coefficient (Wildman–Crippen LogP) is 10.2. The molecule has 6 aromatic carbocycles. The van der Waals surface area contributed by atoms with E-state index in [1.165, 1.54) is 21.9 Å². The van der Waals surface area contributed by atoms with Crippen molar-refractivity contribution in [2.24, 2.45) is 0 Å². The second-order valence-corrected chi connectivity index (χ2v) is 12.9. The van der Waals surface area contributed by atoms with E-state index in [9.17, 15) is 0 Å². The standard InChI is InChI=1S/C40H34BNO3/c1-39(2)40(3,4)45-41(44-39)29-18-22-31(23-19-29)42(32-24-25-38-36(26-32)35-13-7-8-15-37(35)43-38)30-20-16-28(17-21-30)34-14-9-11-27-10-5-6-12-33(27)34/h5-26H,1-4H3.